The molecule has 0 bridgehead atoms. The van der Waals surface area contributed by atoms with E-state index in [1.807, 2.05) is 0 Å². The molecule has 2 heteroatoms. The average molecular weight is 271 g/mol. The molecule has 1 aliphatic carbocycles. The van der Waals surface area contributed by atoms with Gasteiger partial charge in [0.05, 0.1) is 0 Å². The van der Waals surface area contributed by atoms with Crippen LogP contribution in [0, 0.1) is 0 Å². The molecule has 1 unspecified atom stereocenters. The van der Waals surface area contributed by atoms with E-state index in [4.69, 9.17) is 0 Å². The van der Waals surface area contributed by atoms with Gasteiger partial charge in [0.25, 0.3) is 0 Å². The van der Waals surface area contributed by atoms with E-state index in [9.17, 15) is 0 Å². The summed E-state index contributed by atoms with van der Waals surface area (Å²) in [4.78, 5) is 0. The van der Waals surface area contributed by atoms with Crippen molar-refractivity contribution in [2.45, 2.75) is 38.6 Å². The number of likely N-dealkylation sites (N-methyl/N-ethyl adjacent to an activating group) is 1. The molecule has 0 spiro atoms. The van der Waals surface area contributed by atoms with Crippen LogP contribution in [-0.4, -0.2) is 6.54 Å². The Bertz CT molecular complexity index is 530. The molecule has 1 atom stereocenters. The summed E-state index contributed by atoms with van der Waals surface area (Å²) < 4.78 is 0. The quantitative estimate of drug-likeness (QED) is 0.862. The molecule has 19 heavy (non-hydrogen) atoms. The van der Waals surface area contributed by atoms with Gasteiger partial charge in [-0.15, -0.1) is 0 Å². The Hall–Kier alpha value is -1.12. The number of aryl methyl sites for hydroxylation is 2. The Morgan fingerprint density at radius 3 is 2.89 bits per heavy atom. The first-order valence-corrected chi connectivity index (χ1v) is 8.17. The molecule has 0 fully saturated rings. The second kappa shape index (κ2) is 5.89. The van der Waals surface area contributed by atoms with Gasteiger partial charge in [-0.25, -0.2) is 0 Å². The van der Waals surface area contributed by atoms with Gasteiger partial charge < -0.3 is 5.32 Å². The van der Waals surface area contributed by atoms with Crippen molar-refractivity contribution in [3.63, 3.8) is 0 Å². The summed E-state index contributed by atoms with van der Waals surface area (Å²) in [5.74, 6) is 0. The van der Waals surface area contributed by atoms with Crippen molar-refractivity contribution in [3.8, 4) is 0 Å². The number of fused-ring (bicyclic) bond motifs is 1. The summed E-state index contributed by atoms with van der Waals surface area (Å²) in [7, 11) is 0. The highest BCUT2D eigenvalue weighted by Gasteiger charge is 2.16. The fourth-order valence-corrected chi connectivity index (χ4v) is 3.69. The lowest BCUT2D eigenvalue weighted by molar-refractivity contribution is 0.550. The van der Waals surface area contributed by atoms with Gasteiger partial charge in [-0.05, 0) is 71.3 Å². The van der Waals surface area contributed by atoms with E-state index in [1.165, 1.54) is 30.4 Å². The van der Waals surface area contributed by atoms with Crippen LogP contribution < -0.4 is 5.32 Å². The number of nitrogens with one attached hydrogen (secondary N) is 1. The Kier molecular flexibility index (Phi) is 4.00. The van der Waals surface area contributed by atoms with Crippen molar-refractivity contribution in [1.82, 2.24) is 5.32 Å². The molecule has 0 saturated heterocycles. The predicted octanol–water partition coefficient (Wildman–Crippen LogP) is 4.13. The maximum Gasteiger partial charge on any atom is 0.0361 e. The Morgan fingerprint density at radius 1 is 1.21 bits per heavy atom. The number of benzene rings is 1. The SMILES string of the molecule is CCNC(Cc1ccsc1)c1ccc2c(c1)CCC2. The summed E-state index contributed by atoms with van der Waals surface area (Å²) in [5.41, 5.74) is 6.03. The molecule has 1 nitrogen and oxygen atoms in total. The largest absolute Gasteiger partial charge is 0.310 e. The van der Waals surface area contributed by atoms with Crippen LogP contribution in [0.3, 0.4) is 0 Å². The molecule has 1 heterocycles. The Morgan fingerprint density at radius 2 is 2.11 bits per heavy atom. The van der Waals surface area contributed by atoms with Gasteiger partial charge in [0.1, 0.15) is 0 Å². The smallest absolute Gasteiger partial charge is 0.0361 e. The lowest BCUT2D eigenvalue weighted by Crippen LogP contribution is -2.23. The van der Waals surface area contributed by atoms with Crippen molar-refractivity contribution >= 4 is 11.3 Å². The minimum absolute atomic E-state index is 0.450. The van der Waals surface area contributed by atoms with Gasteiger partial charge in [0, 0.05) is 6.04 Å². The second-order valence-electron chi connectivity index (χ2n) is 5.33. The van der Waals surface area contributed by atoms with Gasteiger partial charge >= 0.3 is 0 Å². The molecule has 0 saturated carbocycles. The molecule has 1 aromatic carbocycles. The lowest BCUT2D eigenvalue weighted by Gasteiger charge is -2.19. The maximum atomic E-state index is 3.63. The number of hydrogen-bond donors (Lipinski definition) is 1. The van der Waals surface area contributed by atoms with Crippen LogP contribution in [0.1, 0.15) is 41.6 Å². The van der Waals surface area contributed by atoms with Gasteiger partial charge in [0.2, 0.25) is 0 Å². The monoisotopic (exact) mass is 271 g/mol. The first-order chi connectivity index (χ1) is 9.36. The summed E-state index contributed by atoms with van der Waals surface area (Å²) in [6, 6.07) is 9.79. The molecular formula is C17H21NS. The summed E-state index contributed by atoms with van der Waals surface area (Å²) in [6.45, 7) is 3.21. The van der Waals surface area contributed by atoms with Gasteiger partial charge in [-0.1, -0.05) is 25.1 Å². The summed E-state index contributed by atoms with van der Waals surface area (Å²) in [6.07, 6.45) is 4.96. The number of hydrogen-bond acceptors (Lipinski definition) is 2. The maximum absolute atomic E-state index is 3.63. The molecule has 1 N–H and O–H groups in total. The lowest BCUT2D eigenvalue weighted by atomic mass is 9.97. The van der Waals surface area contributed by atoms with Gasteiger partial charge in [0.15, 0.2) is 0 Å². The average Bonchev–Trinajstić information content (AvgIpc) is 3.08. The van der Waals surface area contributed by atoms with Crippen molar-refractivity contribution in [3.05, 3.63) is 57.3 Å². The van der Waals surface area contributed by atoms with E-state index in [0.29, 0.717) is 6.04 Å². The van der Waals surface area contributed by atoms with Crippen molar-refractivity contribution in [1.29, 1.82) is 0 Å². The van der Waals surface area contributed by atoms with E-state index >= 15 is 0 Å². The third-order valence-electron chi connectivity index (χ3n) is 4.00. The van der Waals surface area contributed by atoms with Gasteiger partial charge in [-0.3, -0.25) is 0 Å². The zero-order valence-corrected chi connectivity index (χ0v) is 12.3. The topological polar surface area (TPSA) is 12.0 Å². The Labute approximate surface area is 119 Å². The van der Waals surface area contributed by atoms with Crippen molar-refractivity contribution < 1.29 is 0 Å². The highest BCUT2D eigenvalue weighted by atomic mass is 32.1. The van der Waals surface area contributed by atoms with Crippen molar-refractivity contribution in [2.24, 2.45) is 0 Å². The third kappa shape index (κ3) is 2.90. The normalized spacial score (nSPS) is 15.4. The molecule has 100 valence electrons. The molecule has 0 aliphatic heterocycles. The van der Waals surface area contributed by atoms with Crippen LogP contribution in [0.5, 0.6) is 0 Å². The minimum Gasteiger partial charge on any atom is -0.310 e. The molecule has 1 aromatic heterocycles. The van der Waals surface area contributed by atoms with E-state index in [0.717, 1.165) is 13.0 Å². The van der Waals surface area contributed by atoms with Crippen LogP contribution in [0.25, 0.3) is 0 Å². The van der Waals surface area contributed by atoms with Gasteiger partial charge in [-0.2, -0.15) is 11.3 Å². The zero-order chi connectivity index (χ0) is 13.1. The predicted molar refractivity (Wildman–Crippen MR) is 82.9 cm³/mol. The molecule has 0 radical (unpaired) electrons. The van der Waals surface area contributed by atoms with Crippen LogP contribution in [0.15, 0.2) is 35.0 Å². The van der Waals surface area contributed by atoms with E-state index in [1.54, 1.807) is 22.5 Å². The Balaban J connectivity index is 1.83. The minimum atomic E-state index is 0.450. The molecule has 3 rings (SSSR count). The molecular weight excluding hydrogens is 250 g/mol. The molecule has 0 amide bonds. The highest BCUT2D eigenvalue weighted by molar-refractivity contribution is 7.07. The van der Waals surface area contributed by atoms with Crippen LogP contribution in [-0.2, 0) is 19.3 Å². The standard InChI is InChI=1S/C17H21NS/c1-2-18-17(10-13-8-9-19-12-13)16-7-6-14-4-3-5-15(14)11-16/h6-9,11-12,17-18H,2-5,10H2,1H3. The number of thiophene rings is 1. The first kappa shape index (κ1) is 12.9. The molecule has 1 aliphatic rings. The van der Waals surface area contributed by atoms with Crippen molar-refractivity contribution in [2.75, 3.05) is 6.54 Å². The highest BCUT2D eigenvalue weighted by Crippen LogP contribution is 2.27. The second-order valence-corrected chi connectivity index (χ2v) is 6.11. The van der Waals surface area contributed by atoms with Crippen LogP contribution in [0.4, 0.5) is 0 Å². The van der Waals surface area contributed by atoms with Crippen LogP contribution in [0.2, 0.25) is 0 Å². The third-order valence-corrected chi connectivity index (χ3v) is 4.73. The van der Waals surface area contributed by atoms with Crippen LogP contribution >= 0.6 is 11.3 Å². The number of rotatable bonds is 5. The fourth-order valence-electron chi connectivity index (χ4n) is 3.01. The summed E-state index contributed by atoms with van der Waals surface area (Å²) >= 11 is 1.79. The van der Waals surface area contributed by atoms with E-state index in [-0.39, 0.29) is 0 Å². The molecule has 2 aromatic rings. The van der Waals surface area contributed by atoms with E-state index < -0.39 is 0 Å². The zero-order valence-electron chi connectivity index (χ0n) is 11.5. The first-order valence-electron chi connectivity index (χ1n) is 7.23. The van der Waals surface area contributed by atoms with E-state index in [2.05, 4.69) is 47.3 Å². The fraction of sp³-hybridized carbons (Fsp3) is 0.412. The summed E-state index contributed by atoms with van der Waals surface area (Å²) in [5, 5.41) is 8.06.